The van der Waals surface area contributed by atoms with E-state index >= 15 is 4.39 Å². The lowest BCUT2D eigenvalue weighted by Gasteiger charge is -2.37. The van der Waals surface area contributed by atoms with E-state index in [1.807, 2.05) is 9.24 Å². The van der Waals surface area contributed by atoms with Gasteiger partial charge in [0, 0.05) is 24.9 Å². The zero-order chi connectivity index (χ0) is 32.6. The Bertz CT molecular complexity index is 1500. The lowest BCUT2D eigenvalue weighted by Crippen LogP contribution is -2.37. The Morgan fingerprint density at radius 2 is 1.89 bits per heavy atom. The molecule has 4 rings (SSSR count). The van der Waals surface area contributed by atoms with Crippen molar-refractivity contribution in [2.75, 3.05) is 6.54 Å². The molecule has 1 aromatic carbocycles. The SMILES string of the molecule is Cc1nonc1C(=O)N[C@H](c1nc2c(F)c(C(CC(F)(F)P)C(=O)N(I)CCC(C)(F)P)ccc2[nH]1)C1CCC(P)(P)CC1. The third-order valence-electron chi connectivity index (χ3n) is 7.71. The molecule has 7 atom stereocenters. The first-order valence-electron chi connectivity index (χ1n) is 13.8. The molecule has 2 N–H and O–H groups in total. The van der Waals surface area contributed by atoms with Gasteiger partial charge in [-0.1, -0.05) is 29.7 Å². The van der Waals surface area contributed by atoms with Crippen LogP contribution >= 0.6 is 59.8 Å². The van der Waals surface area contributed by atoms with Gasteiger partial charge in [0.15, 0.2) is 11.5 Å². The van der Waals surface area contributed by atoms with E-state index in [1.165, 1.54) is 28.3 Å². The number of fused-ring (bicyclic) bond motifs is 1. The molecular formula is C26H35F4IN6O3P4. The van der Waals surface area contributed by atoms with E-state index in [4.69, 9.17) is 0 Å². The molecule has 2 heterocycles. The third-order valence-corrected chi connectivity index (χ3v) is 10.3. The topological polar surface area (TPSA) is 117 Å². The maximum atomic E-state index is 16.2. The van der Waals surface area contributed by atoms with Gasteiger partial charge >= 0.3 is 0 Å². The van der Waals surface area contributed by atoms with E-state index in [-0.39, 0.29) is 51.9 Å². The fraction of sp³-hybridized carbons (Fsp3) is 0.577. The highest BCUT2D eigenvalue weighted by Gasteiger charge is 2.38. The largest absolute Gasteiger partial charge is 0.340 e. The smallest absolute Gasteiger partial charge is 0.276 e. The average molecular weight is 806 g/mol. The first kappa shape index (κ1) is 35.8. The number of aryl methyl sites for hydroxylation is 1. The molecule has 3 aromatic rings. The Hall–Kier alpha value is -1.06. The van der Waals surface area contributed by atoms with Gasteiger partial charge in [0.2, 0.25) is 5.91 Å². The molecule has 0 saturated heterocycles. The van der Waals surface area contributed by atoms with Crippen LogP contribution in [-0.4, -0.2) is 57.7 Å². The molecule has 9 nitrogen and oxygen atoms in total. The quantitative estimate of drug-likeness (QED) is 0.0981. The minimum atomic E-state index is -3.38. The second-order valence-electron chi connectivity index (χ2n) is 11.7. The normalized spacial score (nSPS) is 18.5. The number of aromatic nitrogens is 4. The van der Waals surface area contributed by atoms with Gasteiger partial charge in [0.25, 0.3) is 11.6 Å². The number of nitrogens with one attached hydrogen (secondary N) is 2. The van der Waals surface area contributed by atoms with Crippen LogP contribution in [0.1, 0.15) is 85.0 Å². The fourth-order valence-corrected chi connectivity index (χ4v) is 6.87. The molecule has 6 unspecified atom stereocenters. The number of imidazole rings is 1. The molecule has 2 amide bonds. The van der Waals surface area contributed by atoms with E-state index in [9.17, 15) is 22.8 Å². The van der Waals surface area contributed by atoms with Gasteiger partial charge in [-0.25, -0.2) is 27.2 Å². The fourth-order valence-electron chi connectivity index (χ4n) is 5.26. The summed E-state index contributed by atoms with van der Waals surface area (Å²) in [4.78, 5) is 34.1. The first-order chi connectivity index (χ1) is 20.3. The van der Waals surface area contributed by atoms with Crippen LogP contribution < -0.4 is 5.32 Å². The van der Waals surface area contributed by atoms with E-state index in [1.54, 1.807) is 29.8 Å². The molecule has 0 aliphatic heterocycles. The minimum Gasteiger partial charge on any atom is -0.340 e. The Kier molecular flexibility index (Phi) is 11.4. The Morgan fingerprint density at radius 1 is 1.23 bits per heavy atom. The summed E-state index contributed by atoms with van der Waals surface area (Å²) < 4.78 is 64.5. The van der Waals surface area contributed by atoms with E-state index in [0.29, 0.717) is 5.69 Å². The summed E-state index contributed by atoms with van der Waals surface area (Å²) in [5.41, 5.74) is -3.19. The average Bonchev–Trinajstić information content (AvgIpc) is 3.55. The highest BCUT2D eigenvalue weighted by atomic mass is 127. The van der Waals surface area contributed by atoms with Crippen LogP contribution in [0.4, 0.5) is 17.6 Å². The lowest BCUT2D eigenvalue weighted by atomic mass is 9.82. The number of H-pyrrole nitrogens is 1. The number of carbonyl (C=O) groups excluding carboxylic acids is 2. The van der Waals surface area contributed by atoms with Crippen LogP contribution in [0.3, 0.4) is 0 Å². The molecule has 1 aliphatic rings. The molecule has 1 saturated carbocycles. The predicted molar refractivity (Wildman–Crippen MR) is 181 cm³/mol. The van der Waals surface area contributed by atoms with Crippen molar-refractivity contribution < 1.29 is 31.8 Å². The molecule has 0 radical (unpaired) electrons. The van der Waals surface area contributed by atoms with E-state index in [2.05, 4.69) is 48.7 Å². The monoisotopic (exact) mass is 806 g/mol. The summed E-state index contributed by atoms with van der Waals surface area (Å²) >= 11 is 1.64. The summed E-state index contributed by atoms with van der Waals surface area (Å²) in [5.74, 6) is -3.59. The van der Waals surface area contributed by atoms with Gasteiger partial charge < -0.3 is 10.3 Å². The van der Waals surface area contributed by atoms with Gasteiger partial charge in [0.1, 0.15) is 22.4 Å². The third kappa shape index (κ3) is 9.05. The number of alkyl halides is 3. The van der Waals surface area contributed by atoms with Crippen molar-refractivity contribution in [1.29, 1.82) is 0 Å². The molecule has 1 fully saturated rings. The number of nitrogens with zero attached hydrogens (tertiary/aromatic N) is 4. The maximum Gasteiger partial charge on any atom is 0.276 e. The number of aromatic amines is 1. The zero-order valence-electron chi connectivity index (χ0n) is 24.0. The Morgan fingerprint density at radius 3 is 2.45 bits per heavy atom. The summed E-state index contributed by atoms with van der Waals surface area (Å²) in [5, 5.41) is 8.64. The van der Waals surface area contributed by atoms with E-state index < -0.39 is 47.1 Å². The highest BCUT2D eigenvalue weighted by Crippen LogP contribution is 2.47. The Labute approximate surface area is 275 Å². The molecule has 44 heavy (non-hydrogen) atoms. The number of benzene rings is 1. The second kappa shape index (κ2) is 14.0. The van der Waals surface area contributed by atoms with Crippen molar-refractivity contribution in [3.8, 4) is 0 Å². The van der Waals surface area contributed by atoms with Gasteiger partial charge in [0.05, 0.1) is 40.3 Å². The molecule has 0 bridgehead atoms. The maximum absolute atomic E-state index is 16.2. The number of rotatable bonds is 11. The summed E-state index contributed by atoms with van der Waals surface area (Å²) in [6.07, 6.45) is 2.09. The van der Waals surface area contributed by atoms with Crippen molar-refractivity contribution in [1.82, 2.24) is 28.7 Å². The summed E-state index contributed by atoms with van der Waals surface area (Å²) in [6, 6.07) is 2.10. The first-order valence-corrected chi connectivity index (χ1v) is 17.1. The number of amides is 2. The number of hydrogen-bond acceptors (Lipinski definition) is 6. The van der Waals surface area contributed by atoms with Crippen molar-refractivity contribution in [3.63, 3.8) is 0 Å². The van der Waals surface area contributed by atoms with Gasteiger partial charge in [-0.05, 0) is 61.6 Å². The Balaban J connectivity index is 1.71. The van der Waals surface area contributed by atoms with Gasteiger partial charge in [-0.3, -0.25) is 12.7 Å². The molecule has 2 aromatic heterocycles. The van der Waals surface area contributed by atoms with Crippen molar-refractivity contribution >= 4 is 82.7 Å². The van der Waals surface area contributed by atoms with Crippen molar-refractivity contribution in [2.45, 2.75) is 80.3 Å². The molecule has 0 spiro atoms. The van der Waals surface area contributed by atoms with Gasteiger partial charge in [-0.2, -0.15) is 0 Å². The van der Waals surface area contributed by atoms with E-state index in [0.717, 1.165) is 28.8 Å². The minimum absolute atomic E-state index is 0.0136. The van der Waals surface area contributed by atoms with Crippen LogP contribution in [0.25, 0.3) is 11.0 Å². The molecule has 1 aliphatic carbocycles. The summed E-state index contributed by atoms with van der Waals surface area (Å²) in [6.45, 7) is 2.83. The van der Waals surface area contributed by atoms with Crippen LogP contribution in [0.2, 0.25) is 0 Å². The lowest BCUT2D eigenvalue weighted by molar-refractivity contribution is -0.128. The standard InChI is InChI=1S/C26H35F4IN6O3P4/c1-12-18(36-40-35-12)22(38)34-19(13-5-7-25(42,43)8-6-13)21-32-16-4-3-14(17(27)20(16)33-21)15(11-26(29,30)44)23(39)37(31)10-9-24(2,28)41/h3-4,13,15,19H,5-11,41-44H2,1-2H3,(H,32,33)(H,34,38)/t15?,19-,24?/m0/s1. The number of carbonyl (C=O) groups is 2. The zero-order valence-corrected chi connectivity index (χ0v) is 30.8. The number of halogens is 5. The molecular weight excluding hydrogens is 771 g/mol. The van der Waals surface area contributed by atoms with Crippen molar-refractivity contribution in [3.05, 3.63) is 40.7 Å². The number of hydrogen-bond donors (Lipinski definition) is 2. The summed E-state index contributed by atoms with van der Waals surface area (Å²) in [7, 11) is 9.08. The molecule has 18 heteroatoms. The van der Waals surface area contributed by atoms with Gasteiger partial charge in [-0.15, -0.1) is 18.5 Å². The second-order valence-corrected chi connectivity index (χ2v) is 17.9. The van der Waals surface area contributed by atoms with Crippen LogP contribution in [-0.2, 0) is 4.79 Å². The van der Waals surface area contributed by atoms with Crippen molar-refractivity contribution in [2.24, 2.45) is 5.92 Å². The molecule has 242 valence electrons. The van der Waals surface area contributed by atoms with Crippen LogP contribution in [0, 0.1) is 18.7 Å². The van der Waals surface area contributed by atoms with Crippen LogP contribution in [0.15, 0.2) is 16.8 Å². The van der Waals surface area contributed by atoms with Crippen LogP contribution in [0.5, 0.6) is 0 Å². The highest BCUT2D eigenvalue weighted by molar-refractivity contribution is 14.1. The predicted octanol–water partition coefficient (Wildman–Crippen LogP) is 6.57.